The van der Waals surface area contributed by atoms with Crippen LogP contribution in [0.5, 0.6) is 11.5 Å². The number of carboxylic acid groups (broad SMARTS) is 1. The minimum Gasteiger partial charge on any atom is -0.490 e. The highest BCUT2D eigenvalue weighted by Gasteiger charge is 2.15. The summed E-state index contributed by atoms with van der Waals surface area (Å²) in [5, 5.41) is 20.9. The highest BCUT2D eigenvalue weighted by molar-refractivity contribution is 9.10. The third kappa shape index (κ3) is 6.62. The molecule has 2 N–H and O–H groups in total. The molecule has 29 heavy (non-hydrogen) atoms. The number of ether oxygens (including phenoxy) is 2. The van der Waals surface area contributed by atoms with Gasteiger partial charge >= 0.3 is 5.97 Å². The van der Waals surface area contributed by atoms with Crippen LogP contribution in [0.25, 0.3) is 6.08 Å². The van der Waals surface area contributed by atoms with Gasteiger partial charge < -0.3 is 19.9 Å². The Balaban J connectivity index is 2.32. The number of hydrogen-bond acceptors (Lipinski definition) is 5. The lowest BCUT2D eigenvalue weighted by atomic mass is 10.1. The van der Waals surface area contributed by atoms with Gasteiger partial charge in [0.15, 0.2) is 18.1 Å². The van der Waals surface area contributed by atoms with Gasteiger partial charge in [0.25, 0.3) is 5.91 Å². The molecule has 0 unspecified atom stereocenters. The standard InChI is InChI=1S/C20H16Br2N2O5/c1-2-28-17-8-12(16(22)9-18(17)29-11-19(25)26)7-13(10-23)20(27)24-15-5-3-14(21)4-6-15/h3-9H,2,11H2,1H3,(H,24,27)(H,25,26)/b13-7+. The number of benzene rings is 2. The van der Waals surface area contributed by atoms with Gasteiger partial charge in [0.05, 0.1) is 6.61 Å². The van der Waals surface area contributed by atoms with Crippen molar-refractivity contribution in [1.29, 1.82) is 5.26 Å². The molecule has 0 radical (unpaired) electrons. The minimum absolute atomic E-state index is 0.115. The lowest BCUT2D eigenvalue weighted by molar-refractivity contribution is -0.139. The number of carbonyl (C=O) groups excluding carboxylic acids is 1. The molecule has 0 aliphatic carbocycles. The Morgan fingerprint density at radius 3 is 2.41 bits per heavy atom. The largest absolute Gasteiger partial charge is 0.490 e. The third-order valence-corrected chi connectivity index (χ3v) is 4.70. The van der Waals surface area contributed by atoms with Crippen LogP contribution in [0.4, 0.5) is 5.69 Å². The molecule has 1 amide bonds. The zero-order valence-corrected chi connectivity index (χ0v) is 18.4. The van der Waals surface area contributed by atoms with Crippen LogP contribution in [0, 0.1) is 11.3 Å². The lowest BCUT2D eigenvalue weighted by Crippen LogP contribution is -2.13. The summed E-state index contributed by atoms with van der Waals surface area (Å²) in [6, 6.07) is 11.9. The highest BCUT2D eigenvalue weighted by atomic mass is 79.9. The first-order chi connectivity index (χ1) is 13.8. The predicted molar refractivity (Wildman–Crippen MR) is 115 cm³/mol. The van der Waals surface area contributed by atoms with Crippen LogP contribution in [0.1, 0.15) is 12.5 Å². The van der Waals surface area contributed by atoms with Gasteiger partial charge in [-0.25, -0.2) is 4.79 Å². The first-order valence-electron chi connectivity index (χ1n) is 8.33. The second-order valence-electron chi connectivity index (χ2n) is 5.57. The Kier molecular flexibility index (Phi) is 8.24. The summed E-state index contributed by atoms with van der Waals surface area (Å²) in [7, 11) is 0. The fourth-order valence-corrected chi connectivity index (χ4v) is 2.92. The van der Waals surface area contributed by atoms with Crippen LogP contribution in [-0.4, -0.2) is 30.2 Å². The average Bonchev–Trinajstić information content (AvgIpc) is 2.68. The molecular formula is C20H16Br2N2O5. The van der Waals surface area contributed by atoms with Gasteiger partial charge in [-0.05, 0) is 55.0 Å². The Labute approximate surface area is 184 Å². The van der Waals surface area contributed by atoms with Crippen LogP contribution >= 0.6 is 31.9 Å². The highest BCUT2D eigenvalue weighted by Crippen LogP contribution is 2.35. The van der Waals surface area contributed by atoms with E-state index in [-0.39, 0.29) is 11.3 Å². The third-order valence-electron chi connectivity index (χ3n) is 3.48. The monoisotopic (exact) mass is 522 g/mol. The van der Waals surface area contributed by atoms with E-state index in [0.717, 1.165) is 4.47 Å². The van der Waals surface area contributed by atoms with Gasteiger partial charge in [-0.1, -0.05) is 31.9 Å². The summed E-state index contributed by atoms with van der Waals surface area (Å²) in [5.41, 5.74) is 0.930. The van der Waals surface area contributed by atoms with Crippen molar-refractivity contribution in [2.75, 3.05) is 18.5 Å². The molecule has 0 aliphatic rings. The number of aliphatic carboxylic acids is 1. The van der Waals surface area contributed by atoms with Crippen molar-refractivity contribution >= 4 is 55.5 Å². The predicted octanol–water partition coefficient (Wildman–Crippen LogP) is 4.62. The molecule has 0 saturated heterocycles. The quantitative estimate of drug-likeness (QED) is 0.386. The van der Waals surface area contributed by atoms with E-state index in [1.165, 1.54) is 12.1 Å². The second-order valence-corrected chi connectivity index (χ2v) is 7.34. The molecule has 150 valence electrons. The van der Waals surface area contributed by atoms with Gasteiger partial charge in [0.2, 0.25) is 0 Å². The number of nitrogens with zero attached hydrogens (tertiary/aromatic N) is 1. The number of nitriles is 1. The Bertz CT molecular complexity index is 982. The summed E-state index contributed by atoms with van der Waals surface area (Å²) in [6.07, 6.45) is 1.40. The van der Waals surface area contributed by atoms with Crippen molar-refractivity contribution in [2.24, 2.45) is 0 Å². The van der Waals surface area contributed by atoms with E-state index >= 15 is 0 Å². The Morgan fingerprint density at radius 1 is 1.17 bits per heavy atom. The van der Waals surface area contributed by atoms with E-state index in [9.17, 15) is 14.9 Å². The van der Waals surface area contributed by atoms with E-state index in [2.05, 4.69) is 37.2 Å². The van der Waals surface area contributed by atoms with Gasteiger partial charge in [-0.2, -0.15) is 5.26 Å². The summed E-state index contributed by atoms with van der Waals surface area (Å²) in [5.74, 6) is -1.15. The zero-order chi connectivity index (χ0) is 21.4. The first-order valence-corrected chi connectivity index (χ1v) is 9.92. The Hall–Kier alpha value is -2.83. The van der Waals surface area contributed by atoms with Gasteiger partial charge in [0, 0.05) is 14.6 Å². The van der Waals surface area contributed by atoms with Crippen molar-refractivity contribution in [2.45, 2.75) is 6.92 Å². The van der Waals surface area contributed by atoms with E-state index in [1.54, 1.807) is 37.3 Å². The van der Waals surface area contributed by atoms with Crippen molar-refractivity contribution in [3.63, 3.8) is 0 Å². The van der Waals surface area contributed by atoms with Gasteiger partial charge in [-0.15, -0.1) is 0 Å². The fourth-order valence-electron chi connectivity index (χ4n) is 2.22. The molecule has 0 aliphatic heterocycles. The van der Waals surface area contributed by atoms with Gasteiger partial charge in [0.1, 0.15) is 11.6 Å². The average molecular weight is 524 g/mol. The van der Waals surface area contributed by atoms with Crippen molar-refractivity contribution in [1.82, 2.24) is 0 Å². The maximum absolute atomic E-state index is 12.4. The smallest absolute Gasteiger partial charge is 0.341 e. The van der Waals surface area contributed by atoms with Crippen LogP contribution in [0.3, 0.4) is 0 Å². The molecule has 7 nitrogen and oxygen atoms in total. The molecule has 2 aromatic rings. The number of amides is 1. The minimum atomic E-state index is -1.12. The van der Waals surface area contributed by atoms with E-state index in [4.69, 9.17) is 14.6 Å². The Morgan fingerprint density at radius 2 is 1.83 bits per heavy atom. The molecule has 0 aromatic heterocycles. The fraction of sp³-hybridized carbons (Fsp3) is 0.150. The maximum Gasteiger partial charge on any atom is 0.341 e. The topological polar surface area (TPSA) is 109 Å². The maximum atomic E-state index is 12.4. The van der Waals surface area contributed by atoms with Crippen LogP contribution in [-0.2, 0) is 9.59 Å². The molecule has 0 saturated carbocycles. The van der Waals surface area contributed by atoms with E-state index in [0.29, 0.717) is 28.1 Å². The van der Waals surface area contributed by atoms with Gasteiger partial charge in [-0.3, -0.25) is 4.79 Å². The summed E-state index contributed by atoms with van der Waals surface area (Å²) in [4.78, 5) is 23.2. The number of nitrogens with one attached hydrogen (secondary N) is 1. The summed E-state index contributed by atoms with van der Waals surface area (Å²) in [6.45, 7) is 1.56. The number of halogens is 2. The molecular weight excluding hydrogens is 508 g/mol. The van der Waals surface area contributed by atoms with Crippen molar-refractivity contribution in [3.8, 4) is 17.6 Å². The van der Waals surface area contributed by atoms with Crippen LogP contribution in [0.2, 0.25) is 0 Å². The lowest BCUT2D eigenvalue weighted by Gasteiger charge is -2.13. The SMILES string of the molecule is CCOc1cc(/C=C(\C#N)C(=O)Nc2ccc(Br)cc2)c(Br)cc1OCC(=O)O. The molecule has 2 aromatic carbocycles. The molecule has 0 atom stereocenters. The molecule has 2 rings (SSSR count). The molecule has 9 heteroatoms. The summed E-state index contributed by atoms with van der Waals surface area (Å²) >= 11 is 6.66. The van der Waals surface area contributed by atoms with Crippen LogP contribution < -0.4 is 14.8 Å². The van der Waals surface area contributed by atoms with Crippen LogP contribution in [0.15, 0.2) is 50.9 Å². The van der Waals surface area contributed by atoms with Crippen molar-refractivity contribution < 1.29 is 24.2 Å². The molecule has 0 bridgehead atoms. The molecule has 0 spiro atoms. The van der Waals surface area contributed by atoms with E-state index < -0.39 is 18.5 Å². The summed E-state index contributed by atoms with van der Waals surface area (Å²) < 4.78 is 12.1. The molecule has 0 fully saturated rings. The number of anilines is 1. The first kappa shape index (κ1) is 22.5. The van der Waals surface area contributed by atoms with Crippen molar-refractivity contribution in [3.05, 3.63) is 56.5 Å². The van der Waals surface area contributed by atoms with E-state index in [1.807, 2.05) is 6.07 Å². The molecule has 0 heterocycles. The second kappa shape index (κ2) is 10.6. The normalized spacial score (nSPS) is 10.8. The number of carboxylic acids is 1. The zero-order valence-electron chi connectivity index (χ0n) is 15.2. The number of hydrogen-bond donors (Lipinski definition) is 2. The number of carbonyl (C=O) groups is 2. The number of rotatable bonds is 8.